The standard InChI is InChI=1S/C14H20ClNO2/c1-11-10-12(17)6-7-13(11)14(18)16(2)9-5-3-4-8-15/h6-7,10,17H,3-5,8-9H2,1-2H3. The summed E-state index contributed by atoms with van der Waals surface area (Å²) >= 11 is 5.61. The van der Waals surface area contributed by atoms with Gasteiger partial charge in [0.05, 0.1) is 0 Å². The summed E-state index contributed by atoms with van der Waals surface area (Å²) in [6, 6.07) is 4.82. The molecule has 1 amide bonds. The molecule has 1 aromatic carbocycles. The quantitative estimate of drug-likeness (QED) is 0.636. The van der Waals surface area contributed by atoms with Crippen LogP contribution < -0.4 is 0 Å². The monoisotopic (exact) mass is 269 g/mol. The van der Waals surface area contributed by atoms with Crippen LogP contribution in [0.4, 0.5) is 0 Å². The van der Waals surface area contributed by atoms with E-state index in [2.05, 4.69) is 0 Å². The number of phenolic OH excluding ortho intramolecular Hbond substituents is 1. The Balaban J connectivity index is 2.57. The number of alkyl halides is 1. The van der Waals surface area contributed by atoms with E-state index >= 15 is 0 Å². The molecule has 0 unspecified atom stereocenters. The summed E-state index contributed by atoms with van der Waals surface area (Å²) in [5.41, 5.74) is 1.44. The fourth-order valence-electron chi connectivity index (χ4n) is 1.82. The molecule has 4 heteroatoms. The third-order valence-corrected chi connectivity index (χ3v) is 3.18. The van der Waals surface area contributed by atoms with Crippen LogP contribution in [0.2, 0.25) is 0 Å². The van der Waals surface area contributed by atoms with Gasteiger partial charge < -0.3 is 10.0 Å². The average Bonchev–Trinajstić information content (AvgIpc) is 2.33. The van der Waals surface area contributed by atoms with Crippen molar-refractivity contribution in [1.29, 1.82) is 0 Å². The zero-order chi connectivity index (χ0) is 13.5. The number of rotatable bonds is 6. The molecule has 0 fully saturated rings. The fraction of sp³-hybridized carbons (Fsp3) is 0.500. The average molecular weight is 270 g/mol. The van der Waals surface area contributed by atoms with E-state index < -0.39 is 0 Å². The smallest absolute Gasteiger partial charge is 0.253 e. The second kappa shape index (κ2) is 7.27. The number of aromatic hydroxyl groups is 1. The van der Waals surface area contributed by atoms with Crippen molar-refractivity contribution in [1.82, 2.24) is 4.90 Å². The molecule has 1 rings (SSSR count). The molecular formula is C14H20ClNO2. The van der Waals surface area contributed by atoms with Gasteiger partial charge in [0.25, 0.3) is 5.91 Å². The summed E-state index contributed by atoms with van der Waals surface area (Å²) in [7, 11) is 1.80. The van der Waals surface area contributed by atoms with Crippen molar-refractivity contribution in [3.63, 3.8) is 0 Å². The van der Waals surface area contributed by atoms with Crippen LogP contribution in [0.1, 0.15) is 35.2 Å². The van der Waals surface area contributed by atoms with E-state index in [1.165, 1.54) is 0 Å². The Morgan fingerprint density at radius 1 is 1.33 bits per heavy atom. The van der Waals surface area contributed by atoms with Gasteiger partial charge >= 0.3 is 0 Å². The Hall–Kier alpha value is -1.22. The number of hydrogen-bond donors (Lipinski definition) is 1. The molecular weight excluding hydrogens is 250 g/mol. The molecule has 0 radical (unpaired) electrons. The van der Waals surface area contributed by atoms with Crippen LogP contribution in [0.3, 0.4) is 0 Å². The van der Waals surface area contributed by atoms with Crippen molar-refractivity contribution in [3.05, 3.63) is 29.3 Å². The Morgan fingerprint density at radius 2 is 2.06 bits per heavy atom. The number of phenols is 1. The van der Waals surface area contributed by atoms with Crippen molar-refractivity contribution in [2.75, 3.05) is 19.5 Å². The second-order valence-corrected chi connectivity index (χ2v) is 4.85. The summed E-state index contributed by atoms with van der Waals surface area (Å²) in [4.78, 5) is 13.9. The van der Waals surface area contributed by atoms with Gasteiger partial charge in [-0.3, -0.25) is 4.79 Å². The van der Waals surface area contributed by atoms with E-state index in [0.29, 0.717) is 11.4 Å². The minimum atomic E-state index is -0.00151. The molecule has 0 heterocycles. The van der Waals surface area contributed by atoms with Crippen molar-refractivity contribution in [2.24, 2.45) is 0 Å². The highest BCUT2D eigenvalue weighted by Crippen LogP contribution is 2.17. The summed E-state index contributed by atoms with van der Waals surface area (Å²) < 4.78 is 0. The molecule has 1 N–H and O–H groups in total. The van der Waals surface area contributed by atoms with E-state index in [4.69, 9.17) is 11.6 Å². The Kier molecular flexibility index (Phi) is 5.99. The van der Waals surface area contributed by atoms with Crippen molar-refractivity contribution in [2.45, 2.75) is 26.2 Å². The largest absolute Gasteiger partial charge is 0.508 e. The van der Waals surface area contributed by atoms with Crippen LogP contribution in [0, 0.1) is 6.92 Å². The normalized spacial score (nSPS) is 10.4. The summed E-state index contributed by atoms with van der Waals surface area (Å²) in [5.74, 6) is 0.863. The molecule has 0 aliphatic carbocycles. The van der Waals surface area contributed by atoms with Gasteiger partial charge in [0, 0.05) is 25.0 Å². The first-order valence-electron chi connectivity index (χ1n) is 6.17. The molecule has 0 aromatic heterocycles. The van der Waals surface area contributed by atoms with Gasteiger partial charge in [0.2, 0.25) is 0 Å². The fourth-order valence-corrected chi connectivity index (χ4v) is 2.00. The lowest BCUT2D eigenvalue weighted by atomic mass is 10.1. The predicted octanol–water partition coefficient (Wildman–Crippen LogP) is 3.18. The molecule has 0 spiro atoms. The highest BCUT2D eigenvalue weighted by molar-refractivity contribution is 6.17. The van der Waals surface area contributed by atoms with Gasteiger partial charge in [0.1, 0.15) is 5.75 Å². The van der Waals surface area contributed by atoms with Crippen LogP contribution in [0.25, 0.3) is 0 Å². The highest BCUT2D eigenvalue weighted by atomic mass is 35.5. The predicted molar refractivity (Wildman–Crippen MR) is 74.4 cm³/mol. The number of unbranched alkanes of at least 4 members (excludes halogenated alkanes) is 2. The first-order valence-corrected chi connectivity index (χ1v) is 6.70. The third-order valence-electron chi connectivity index (χ3n) is 2.91. The number of amides is 1. The van der Waals surface area contributed by atoms with Gasteiger partial charge in [0.15, 0.2) is 0 Å². The minimum absolute atomic E-state index is 0.00151. The molecule has 0 aliphatic heterocycles. The van der Waals surface area contributed by atoms with Crippen LogP contribution in [0.5, 0.6) is 5.75 Å². The van der Waals surface area contributed by atoms with Gasteiger partial charge in [-0.1, -0.05) is 6.42 Å². The maximum atomic E-state index is 12.2. The number of hydrogen-bond acceptors (Lipinski definition) is 2. The molecule has 0 saturated heterocycles. The summed E-state index contributed by atoms with van der Waals surface area (Å²) in [6.45, 7) is 2.56. The van der Waals surface area contributed by atoms with E-state index in [9.17, 15) is 9.90 Å². The molecule has 100 valence electrons. The minimum Gasteiger partial charge on any atom is -0.508 e. The van der Waals surface area contributed by atoms with Crippen LogP contribution >= 0.6 is 11.6 Å². The van der Waals surface area contributed by atoms with Crippen LogP contribution in [-0.4, -0.2) is 35.4 Å². The zero-order valence-electron chi connectivity index (χ0n) is 10.9. The van der Waals surface area contributed by atoms with Gasteiger partial charge in [-0.25, -0.2) is 0 Å². The SMILES string of the molecule is Cc1cc(O)ccc1C(=O)N(C)CCCCCCl. The lowest BCUT2D eigenvalue weighted by Crippen LogP contribution is -2.28. The van der Waals surface area contributed by atoms with Crippen LogP contribution in [0.15, 0.2) is 18.2 Å². The van der Waals surface area contributed by atoms with E-state index in [1.807, 2.05) is 6.92 Å². The molecule has 1 aromatic rings. The molecule has 3 nitrogen and oxygen atoms in total. The number of nitrogens with zero attached hydrogens (tertiary/aromatic N) is 1. The topological polar surface area (TPSA) is 40.5 Å². The Labute approximate surface area is 113 Å². The van der Waals surface area contributed by atoms with Gasteiger partial charge in [-0.15, -0.1) is 11.6 Å². The second-order valence-electron chi connectivity index (χ2n) is 4.48. The third kappa shape index (κ3) is 4.22. The lowest BCUT2D eigenvalue weighted by Gasteiger charge is -2.18. The number of aryl methyl sites for hydroxylation is 1. The van der Waals surface area contributed by atoms with E-state index in [-0.39, 0.29) is 11.7 Å². The van der Waals surface area contributed by atoms with E-state index in [0.717, 1.165) is 31.4 Å². The summed E-state index contributed by atoms with van der Waals surface area (Å²) in [5, 5.41) is 9.32. The molecule has 0 aliphatic rings. The first kappa shape index (κ1) is 14.8. The van der Waals surface area contributed by atoms with Crippen molar-refractivity contribution < 1.29 is 9.90 Å². The highest BCUT2D eigenvalue weighted by Gasteiger charge is 2.13. The molecule has 18 heavy (non-hydrogen) atoms. The maximum Gasteiger partial charge on any atom is 0.253 e. The molecule has 0 bridgehead atoms. The Morgan fingerprint density at radius 3 is 2.67 bits per heavy atom. The number of halogens is 1. The zero-order valence-corrected chi connectivity index (χ0v) is 11.7. The van der Waals surface area contributed by atoms with Gasteiger partial charge in [-0.05, 0) is 43.5 Å². The van der Waals surface area contributed by atoms with Crippen LogP contribution in [-0.2, 0) is 0 Å². The summed E-state index contributed by atoms with van der Waals surface area (Å²) in [6.07, 6.45) is 2.99. The molecule has 0 atom stereocenters. The van der Waals surface area contributed by atoms with E-state index in [1.54, 1.807) is 30.1 Å². The lowest BCUT2D eigenvalue weighted by molar-refractivity contribution is 0.0792. The number of carbonyl (C=O) groups excluding carboxylic acids is 1. The van der Waals surface area contributed by atoms with Gasteiger partial charge in [-0.2, -0.15) is 0 Å². The maximum absolute atomic E-state index is 12.2. The van der Waals surface area contributed by atoms with Crippen molar-refractivity contribution in [3.8, 4) is 5.75 Å². The number of carbonyl (C=O) groups is 1. The molecule has 0 saturated carbocycles. The first-order chi connectivity index (χ1) is 8.56. The van der Waals surface area contributed by atoms with Crippen molar-refractivity contribution >= 4 is 17.5 Å². The Bertz CT molecular complexity index is 407. The number of benzene rings is 1.